The van der Waals surface area contributed by atoms with Crippen molar-refractivity contribution in [2.75, 3.05) is 0 Å². The van der Waals surface area contributed by atoms with Gasteiger partial charge >= 0.3 is 5.97 Å². The summed E-state index contributed by atoms with van der Waals surface area (Å²) in [5, 5.41) is 9.61. The molecule has 9 nitrogen and oxygen atoms in total. The Hall–Kier alpha value is -3.59. The fraction of sp³-hybridized carbons (Fsp3) is 0.158. The number of carbonyl (C=O) groups excluding carboxylic acids is 2. The van der Waals surface area contributed by atoms with Crippen LogP contribution >= 0.6 is 11.6 Å². The van der Waals surface area contributed by atoms with Crippen molar-refractivity contribution in [1.29, 1.82) is 0 Å². The number of nitrogens with one attached hydrogen (secondary N) is 2. The minimum absolute atomic E-state index is 0.137. The maximum atomic E-state index is 12.2. The highest BCUT2D eigenvalue weighted by molar-refractivity contribution is 6.30. The first-order chi connectivity index (χ1) is 13.7. The van der Waals surface area contributed by atoms with Gasteiger partial charge in [-0.25, -0.2) is 4.99 Å². The maximum absolute atomic E-state index is 12.2. The van der Waals surface area contributed by atoms with Gasteiger partial charge in [-0.1, -0.05) is 29.8 Å². The van der Waals surface area contributed by atoms with Crippen LogP contribution in [0.3, 0.4) is 0 Å². The normalized spacial score (nSPS) is 11.2. The van der Waals surface area contributed by atoms with Gasteiger partial charge in [0, 0.05) is 22.9 Å². The van der Waals surface area contributed by atoms with E-state index >= 15 is 0 Å². The first-order valence-corrected chi connectivity index (χ1v) is 8.88. The third kappa shape index (κ3) is 7.15. The molecule has 10 heteroatoms. The van der Waals surface area contributed by atoms with Gasteiger partial charge in [-0.3, -0.25) is 25.2 Å². The number of amides is 2. The van der Waals surface area contributed by atoms with Gasteiger partial charge < -0.3 is 16.6 Å². The molecule has 2 aromatic carbocycles. The first kappa shape index (κ1) is 21.7. The third-order valence-electron chi connectivity index (χ3n) is 3.88. The van der Waals surface area contributed by atoms with Crippen LogP contribution in [-0.2, 0) is 9.59 Å². The van der Waals surface area contributed by atoms with Crippen molar-refractivity contribution in [1.82, 2.24) is 10.9 Å². The third-order valence-corrected chi connectivity index (χ3v) is 4.13. The van der Waals surface area contributed by atoms with Gasteiger partial charge in [0.25, 0.3) is 5.91 Å². The largest absolute Gasteiger partial charge is 0.481 e. The number of carboxylic acid groups (broad SMARTS) is 1. The summed E-state index contributed by atoms with van der Waals surface area (Å²) in [4.78, 5) is 39.4. The Morgan fingerprint density at radius 1 is 1.03 bits per heavy atom. The summed E-state index contributed by atoms with van der Waals surface area (Å²) in [7, 11) is 0. The molecule has 0 heterocycles. The van der Waals surface area contributed by atoms with E-state index < -0.39 is 23.7 Å². The Labute approximate surface area is 171 Å². The number of carboxylic acids is 1. The van der Waals surface area contributed by atoms with Crippen LogP contribution in [0.2, 0.25) is 5.02 Å². The van der Waals surface area contributed by atoms with Gasteiger partial charge in [0.05, 0.1) is 12.1 Å². The fourth-order valence-electron chi connectivity index (χ4n) is 2.59. The monoisotopic (exact) mass is 417 g/mol. The maximum Gasteiger partial charge on any atom is 0.303 e. The topological polar surface area (TPSA) is 160 Å². The van der Waals surface area contributed by atoms with Crippen LogP contribution in [0.25, 0.3) is 0 Å². The zero-order chi connectivity index (χ0) is 21.4. The highest BCUT2D eigenvalue weighted by atomic mass is 35.5. The van der Waals surface area contributed by atoms with Crippen molar-refractivity contribution in [3.8, 4) is 0 Å². The van der Waals surface area contributed by atoms with Crippen molar-refractivity contribution in [3.05, 3.63) is 64.7 Å². The molecule has 0 aliphatic carbocycles. The number of guanidine groups is 1. The SMILES string of the molecule is NC(N)=Nc1cccc(C(=O)NNC(=O)CC(CC(=O)O)c2ccc(Cl)cc2)c1. The van der Waals surface area contributed by atoms with E-state index in [1.807, 2.05) is 0 Å². The van der Waals surface area contributed by atoms with Crippen LogP contribution in [0.15, 0.2) is 53.5 Å². The van der Waals surface area contributed by atoms with E-state index in [1.165, 1.54) is 12.1 Å². The van der Waals surface area contributed by atoms with E-state index in [2.05, 4.69) is 15.8 Å². The highest BCUT2D eigenvalue weighted by Crippen LogP contribution is 2.25. The van der Waals surface area contributed by atoms with Crippen molar-refractivity contribution in [2.24, 2.45) is 16.5 Å². The van der Waals surface area contributed by atoms with Gasteiger partial charge in [-0.05, 0) is 35.9 Å². The number of hydrogen-bond donors (Lipinski definition) is 5. The lowest BCUT2D eigenvalue weighted by Crippen LogP contribution is -2.42. The van der Waals surface area contributed by atoms with E-state index in [9.17, 15) is 14.4 Å². The number of halogens is 1. The summed E-state index contributed by atoms with van der Waals surface area (Å²) in [6, 6.07) is 12.7. The smallest absolute Gasteiger partial charge is 0.303 e. The lowest BCUT2D eigenvalue weighted by atomic mass is 9.92. The molecule has 152 valence electrons. The second-order valence-corrected chi connectivity index (χ2v) is 6.58. The zero-order valence-corrected chi connectivity index (χ0v) is 16.0. The highest BCUT2D eigenvalue weighted by Gasteiger charge is 2.20. The van der Waals surface area contributed by atoms with Gasteiger partial charge in [-0.2, -0.15) is 0 Å². The molecule has 29 heavy (non-hydrogen) atoms. The number of aliphatic imine (C=N–C) groups is 1. The quantitative estimate of drug-likeness (QED) is 0.261. The number of benzene rings is 2. The number of rotatable bonds is 7. The van der Waals surface area contributed by atoms with Gasteiger partial charge in [0.15, 0.2) is 5.96 Å². The molecule has 1 atom stereocenters. The summed E-state index contributed by atoms with van der Waals surface area (Å²) in [5.74, 6) is -2.89. The lowest BCUT2D eigenvalue weighted by molar-refractivity contribution is -0.137. The number of carbonyl (C=O) groups is 3. The van der Waals surface area contributed by atoms with Crippen LogP contribution in [-0.4, -0.2) is 28.8 Å². The summed E-state index contributed by atoms with van der Waals surface area (Å²) >= 11 is 5.84. The Morgan fingerprint density at radius 2 is 1.72 bits per heavy atom. The number of hydrogen-bond acceptors (Lipinski definition) is 4. The molecule has 0 fully saturated rings. The second kappa shape index (κ2) is 10.1. The molecule has 0 aromatic heterocycles. The van der Waals surface area contributed by atoms with Crippen molar-refractivity contribution in [2.45, 2.75) is 18.8 Å². The summed E-state index contributed by atoms with van der Waals surface area (Å²) in [6.07, 6.45) is -0.383. The summed E-state index contributed by atoms with van der Waals surface area (Å²) in [5.41, 5.74) is 16.4. The van der Waals surface area contributed by atoms with E-state index in [0.717, 1.165) is 0 Å². The molecule has 0 spiro atoms. The van der Waals surface area contributed by atoms with Crippen molar-refractivity contribution < 1.29 is 19.5 Å². The summed E-state index contributed by atoms with van der Waals surface area (Å²) < 4.78 is 0. The van der Waals surface area contributed by atoms with Crippen LogP contribution in [0, 0.1) is 0 Å². The predicted octanol–water partition coefficient (Wildman–Crippen LogP) is 1.65. The average Bonchev–Trinajstić information content (AvgIpc) is 2.65. The van der Waals surface area contributed by atoms with Crippen LogP contribution in [0.1, 0.15) is 34.7 Å². The zero-order valence-electron chi connectivity index (χ0n) is 15.3. The van der Waals surface area contributed by atoms with Gasteiger partial charge in [-0.15, -0.1) is 0 Å². The molecular weight excluding hydrogens is 398 g/mol. The molecule has 2 amide bonds. The predicted molar refractivity (Wildman–Crippen MR) is 109 cm³/mol. The van der Waals surface area contributed by atoms with Crippen LogP contribution < -0.4 is 22.3 Å². The standard InChI is InChI=1S/C19H20ClN5O4/c20-14-6-4-11(5-7-14)13(10-17(27)28)9-16(26)24-25-18(29)12-2-1-3-15(8-12)23-19(21)22/h1-8,13H,9-10H2,(H,24,26)(H,25,29)(H,27,28)(H4,21,22,23). The van der Waals surface area contributed by atoms with E-state index in [0.29, 0.717) is 16.3 Å². The average molecular weight is 418 g/mol. The minimum Gasteiger partial charge on any atom is -0.481 e. The molecule has 0 bridgehead atoms. The number of nitrogens with zero attached hydrogens (tertiary/aromatic N) is 1. The minimum atomic E-state index is -1.04. The molecule has 0 saturated heterocycles. The lowest BCUT2D eigenvalue weighted by Gasteiger charge is -2.16. The van der Waals surface area contributed by atoms with Crippen molar-refractivity contribution >= 4 is 41.0 Å². The number of nitrogens with two attached hydrogens (primary N) is 2. The van der Waals surface area contributed by atoms with Crippen molar-refractivity contribution in [3.63, 3.8) is 0 Å². The molecule has 7 N–H and O–H groups in total. The van der Waals surface area contributed by atoms with Gasteiger partial charge in [0.1, 0.15) is 0 Å². The molecule has 2 aromatic rings. The Balaban J connectivity index is 1.99. The molecule has 1 unspecified atom stereocenters. The molecule has 2 rings (SSSR count). The first-order valence-electron chi connectivity index (χ1n) is 8.50. The Morgan fingerprint density at radius 3 is 2.34 bits per heavy atom. The van der Waals surface area contributed by atoms with Gasteiger partial charge in [0.2, 0.25) is 5.91 Å². The molecular formula is C19H20ClN5O4. The summed E-state index contributed by atoms with van der Waals surface area (Å²) in [6.45, 7) is 0. The number of hydrazine groups is 1. The molecule has 0 radical (unpaired) electrons. The van der Waals surface area contributed by atoms with E-state index in [4.69, 9.17) is 28.2 Å². The number of aliphatic carboxylic acids is 1. The molecule has 0 aliphatic heterocycles. The van der Waals surface area contributed by atoms with Crippen LogP contribution in [0.4, 0.5) is 5.69 Å². The second-order valence-electron chi connectivity index (χ2n) is 6.14. The van der Waals surface area contributed by atoms with Crippen LogP contribution in [0.5, 0.6) is 0 Å². The fourth-order valence-corrected chi connectivity index (χ4v) is 2.72. The van der Waals surface area contributed by atoms with E-state index in [-0.39, 0.29) is 24.4 Å². The molecule has 0 saturated carbocycles. The molecule has 0 aliphatic rings. The Bertz CT molecular complexity index is 926. The van der Waals surface area contributed by atoms with E-state index in [1.54, 1.807) is 36.4 Å². The Kier molecular flexibility index (Phi) is 7.55.